The number of fused-ring (bicyclic) bond motifs is 1. The van der Waals surface area contributed by atoms with Gasteiger partial charge in [0.05, 0.1) is 22.6 Å². The maximum atomic E-state index is 14.0. The van der Waals surface area contributed by atoms with E-state index in [2.05, 4.69) is 25.8 Å². The first-order valence-corrected chi connectivity index (χ1v) is 16.8. The number of amides is 4. The predicted octanol–water partition coefficient (Wildman–Crippen LogP) is 2.85. The van der Waals surface area contributed by atoms with Gasteiger partial charge in [0.25, 0.3) is 17.4 Å². The lowest BCUT2D eigenvalue weighted by Crippen LogP contribution is -2.50. The number of H-pyrrole nitrogens is 2. The number of hydrogen-bond acceptors (Lipinski definition) is 8. The van der Waals surface area contributed by atoms with Crippen molar-refractivity contribution in [3.63, 3.8) is 0 Å². The molecule has 2 fully saturated rings. The van der Waals surface area contributed by atoms with Crippen LogP contribution in [0.1, 0.15) is 60.1 Å². The standard InChI is InChI=1S/C36H42N8O5.ClH/c1-20-15-31(34(47)41-29-3-2-14-39-33(29)46)40-19-27(20)23-8-4-21(5-9-23)16-28(38)36(49)44(35(48)24-10-6-22(18-37)7-11-24)25-12-13-26-30(17-25)42-43-32(26)45;/h4-5,8-9,12-13,15,17,19,22,24,28-29H,2-3,6-7,10-11,14,16,18,37-38H2,1H3,(H,39,46)(H,41,47)(H2,42,43,45);1H/t22-,24-,28-,29+;/m0./s1. The molecule has 6 rings (SSSR count). The number of imide groups is 1. The molecule has 1 saturated heterocycles. The van der Waals surface area contributed by atoms with Gasteiger partial charge in [0, 0.05) is 24.2 Å². The number of anilines is 1. The average Bonchev–Trinajstić information content (AvgIpc) is 3.49. The fourth-order valence-corrected chi connectivity index (χ4v) is 6.81. The Bertz CT molecular complexity index is 1930. The van der Waals surface area contributed by atoms with Crippen molar-refractivity contribution in [1.29, 1.82) is 0 Å². The summed E-state index contributed by atoms with van der Waals surface area (Å²) >= 11 is 0. The number of carbonyl (C=O) groups excluding carboxylic acids is 4. The minimum absolute atomic E-state index is 0. The highest BCUT2D eigenvalue weighted by atomic mass is 35.5. The number of nitrogens with zero attached hydrogens (tertiary/aromatic N) is 2. The van der Waals surface area contributed by atoms with E-state index in [1.807, 2.05) is 31.2 Å². The van der Waals surface area contributed by atoms with Crippen LogP contribution in [0.15, 0.2) is 59.5 Å². The van der Waals surface area contributed by atoms with E-state index in [-0.39, 0.29) is 47.8 Å². The van der Waals surface area contributed by atoms with Crippen molar-refractivity contribution < 1.29 is 19.2 Å². The quantitative estimate of drug-likeness (QED) is 0.152. The molecular formula is C36H43ClN8O5. The van der Waals surface area contributed by atoms with Gasteiger partial charge in [-0.2, -0.15) is 0 Å². The maximum Gasteiger partial charge on any atom is 0.271 e. The monoisotopic (exact) mass is 702 g/mol. The van der Waals surface area contributed by atoms with E-state index >= 15 is 0 Å². The molecule has 2 atom stereocenters. The molecule has 8 N–H and O–H groups in total. The topological polar surface area (TPSA) is 209 Å². The summed E-state index contributed by atoms with van der Waals surface area (Å²) in [6.07, 6.45) is 6.14. The highest BCUT2D eigenvalue weighted by Gasteiger charge is 2.35. The maximum absolute atomic E-state index is 14.0. The van der Waals surface area contributed by atoms with Crippen LogP contribution in [-0.4, -0.2) is 64.0 Å². The van der Waals surface area contributed by atoms with Crippen molar-refractivity contribution >= 4 is 52.6 Å². The molecule has 0 radical (unpaired) electrons. The number of carbonyl (C=O) groups is 4. The second-order valence-electron chi connectivity index (χ2n) is 13.1. The van der Waals surface area contributed by atoms with Gasteiger partial charge in [0.1, 0.15) is 11.7 Å². The Kier molecular flexibility index (Phi) is 11.5. The first kappa shape index (κ1) is 36.4. The summed E-state index contributed by atoms with van der Waals surface area (Å²) in [5, 5.41) is 11.3. The molecule has 1 aliphatic carbocycles. The summed E-state index contributed by atoms with van der Waals surface area (Å²) in [5.74, 6) is -1.37. The minimum atomic E-state index is -1.01. The van der Waals surface area contributed by atoms with Crippen LogP contribution in [0.25, 0.3) is 22.0 Å². The van der Waals surface area contributed by atoms with Gasteiger partial charge in [-0.25, -0.2) is 4.90 Å². The molecule has 0 spiro atoms. The summed E-state index contributed by atoms with van der Waals surface area (Å²) in [7, 11) is 0. The van der Waals surface area contributed by atoms with Gasteiger partial charge >= 0.3 is 0 Å². The first-order valence-electron chi connectivity index (χ1n) is 16.8. The van der Waals surface area contributed by atoms with Crippen LogP contribution in [0.3, 0.4) is 0 Å². The van der Waals surface area contributed by atoms with Gasteiger partial charge in [0.15, 0.2) is 0 Å². The number of nitrogens with two attached hydrogens (primary N) is 2. The number of aromatic amines is 2. The van der Waals surface area contributed by atoms with E-state index in [1.54, 1.807) is 30.5 Å². The molecule has 2 aromatic carbocycles. The van der Waals surface area contributed by atoms with Gasteiger partial charge in [-0.15, -0.1) is 12.4 Å². The summed E-state index contributed by atoms with van der Waals surface area (Å²) in [6.45, 7) is 3.07. The van der Waals surface area contributed by atoms with Crippen molar-refractivity contribution in [3.05, 3.63) is 81.9 Å². The number of hydrogen-bond donors (Lipinski definition) is 6. The van der Waals surface area contributed by atoms with E-state index in [0.717, 1.165) is 41.5 Å². The van der Waals surface area contributed by atoms with E-state index in [1.165, 1.54) is 4.90 Å². The lowest BCUT2D eigenvalue weighted by Gasteiger charge is -2.32. The molecule has 4 amide bonds. The third kappa shape index (κ3) is 7.80. The zero-order chi connectivity index (χ0) is 34.7. The van der Waals surface area contributed by atoms with Gasteiger partial charge in [0.2, 0.25) is 11.8 Å². The SMILES string of the molecule is Cc1cc(C(=O)N[C@@H]2CCCNC2=O)ncc1-c1ccc(C[C@H](N)C(=O)N(c2ccc3c(=O)[nH][nH]c3c2)C(=O)[C@H]2CC[C@H](CN)CC2)cc1.Cl. The molecule has 1 aliphatic heterocycles. The molecular weight excluding hydrogens is 660 g/mol. The fraction of sp³-hybridized carbons (Fsp3) is 0.389. The number of piperidine rings is 1. The van der Waals surface area contributed by atoms with Crippen LogP contribution in [0.2, 0.25) is 0 Å². The van der Waals surface area contributed by atoms with E-state index in [0.29, 0.717) is 54.9 Å². The van der Waals surface area contributed by atoms with Gasteiger partial charge in [-0.3, -0.25) is 39.2 Å². The smallest absolute Gasteiger partial charge is 0.271 e. The Morgan fingerprint density at radius 1 is 1.00 bits per heavy atom. The minimum Gasteiger partial charge on any atom is -0.354 e. The molecule has 50 heavy (non-hydrogen) atoms. The Morgan fingerprint density at radius 2 is 1.74 bits per heavy atom. The second-order valence-corrected chi connectivity index (χ2v) is 13.1. The highest BCUT2D eigenvalue weighted by Crippen LogP contribution is 2.32. The number of pyridine rings is 1. The van der Waals surface area contributed by atoms with Crippen molar-refractivity contribution in [1.82, 2.24) is 25.8 Å². The zero-order valence-electron chi connectivity index (χ0n) is 27.9. The van der Waals surface area contributed by atoms with Crippen LogP contribution in [-0.2, 0) is 20.8 Å². The molecule has 264 valence electrons. The Hall–Kier alpha value is -4.85. The molecule has 2 aliphatic rings. The summed E-state index contributed by atoms with van der Waals surface area (Å²) < 4.78 is 0. The fourth-order valence-electron chi connectivity index (χ4n) is 6.81. The number of benzene rings is 2. The molecule has 0 bridgehead atoms. The van der Waals surface area contributed by atoms with Gasteiger partial charge in [-0.05, 0) is 105 Å². The molecule has 13 nitrogen and oxygen atoms in total. The molecule has 0 unspecified atom stereocenters. The number of rotatable bonds is 9. The van der Waals surface area contributed by atoms with Gasteiger partial charge < -0.3 is 22.1 Å². The van der Waals surface area contributed by atoms with Crippen LogP contribution in [0.4, 0.5) is 5.69 Å². The normalized spacial score (nSPS) is 19.6. The number of aryl methyl sites for hydroxylation is 1. The van der Waals surface area contributed by atoms with Crippen molar-refractivity contribution in [2.45, 2.75) is 64.0 Å². The molecule has 1 saturated carbocycles. The van der Waals surface area contributed by atoms with E-state index < -0.39 is 23.9 Å². The van der Waals surface area contributed by atoms with Crippen LogP contribution in [0.5, 0.6) is 0 Å². The molecule has 14 heteroatoms. The van der Waals surface area contributed by atoms with Crippen molar-refractivity contribution in [2.24, 2.45) is 23.3 Å². The number of nitrogens with one attached hydrogen (secondary N) is 4. The van der Waals surface area contributed by atoms with E-state index in [4.69, 9.17) is 11.5 Å². The molecule has 3 heterocycles. The second kappa shape index (κ2) is 15.8. The number of halogens is 1. The number of aromatic nitrogens is 3. The lowest BCUT2D eigenvalue weighted by atomic mass is 9.81. The zero-order valence-corrected chi connectivity index (χ0v) is 28.7. The third-order valence-corrected chi connectivity index (χ3v) is 9.76. The Labute approximate surface area is 295 Å². The Balaban J connectivity index is 0.00000486. The summed E-state index contributed by atoms with van der Waals surface area (Å²) in [6, 6.07) is 12.5. The average molecular weight is 703 g/mol. The van der Waals surface area contributed by atoms with Gasteiger partial charge in [-0.1, -0.05) is 24.3 Å². The summed E-state index contributed by atoms with van der Waals surface area (Å²) in [4.78, 5) is 70.4. The first-order chi connectivity index (χ1) is 23.6. The van der Waals surface area contributed by atoms with Crippen LogP contribution in [0, 0.1) is 18.8 Å². The highest BCUT2D eigenvalue weighted by molar-refractivity contribution is 6.17. The molecule has 4 aromatic rings. The predicted molar refractivity (Wildman–Crippen MR) is 193 cm³/mol. The van der Waals surface area contributed by atoms with Crippen molar-refractivity contribution in [2.75, 3.05) is 18.0 Å². The van der Waals surface area contributed by atoms with E-state index in [9.17, 15) is 24.0 Å². The van der Waals surface area contributed by atoms with Crippen molar-refractivity contribution in [3.8, 4) is 11.1 Å². The third-order valence-electron chi connectivity index (χ3n) is 9.76. The van der Waals surface area contributed by atoms with Crippen LogP contribution >= 0.6 is 12.4 Å². The molecule has 2 aromatic heterocycles. The Morgan fingerprint density at radius 3 is 2.42 bits per heavy atom. The lowest BCUT2D eigenvalue weighted by molar-refractivity contribution is -0.130. The van der Waals surface area contributed by atoms with Crippen LogP contribution < -0.4 is 32.6 Å². The largest absolute Gasteiger partial charge is 0.354 e. The summed E-state index contributed by atoms with van der Waals surface area (Å²) in [5.41, 5.74) is 16.5.